The Morgan fingerprint density at radius 2 is 1.05 bits per heavy atom. The average molecular weight is 633 g/mol. The summed E-state index contributed by atoms with van der Waals surface area (Å²) in [6.07, 6.45) is 10.2. The van der Waals surface area contributed by atoms with Crippen molar-refractivity contribution in [3.8, 4) is 0 Å². The predicted molar refractivity (Wildman–Crippen MR) is 181 cm³/mol. The van der Waals surface area contributed by atoms with Gasteiger partial charge in [0.1, 0.15) is 0 Å². The van der Waals surface area contributed by atoms with Gasteiger partial charge in [-0.1, -0.05) is 37.1 Å². The molecule has 2 aromatic heterocycles. The molecule has 0 spiro atoms. The van der Waals surface area contributed by atoms with Crippen LogP contribution in [0.3, 0.4) is 0 Å². The van der Waals surface area contributed by atoms with Crippen LogP contribution in [-0.4, -0.2) is 71.1 Å². The lowest BCUT2D eigenvalue weighted by Gasteiger charge is -2.31. The maximum absolute atomic E-state index is 12.6. The number of fused-ring (bicyclic) bond motifs is 2. The molecule has 4 heterocycles. The van der Waals surface area contributed by atoms with Crippen molar-refractivity contribution in [3.63, 3.8) is 0 Å². The van der Waals surface area contributed by atoms with Gasteiger partial charge in [0, 0.05) is 52.1 Å². The Morgan fingerprint density at radius 3 is 1.45 bits per heavy atom. The van der Waals surface area contributed by atoms with Gasteiger partial charge in [0.25, 0.3) is 0 Å². The summed E-state index contributed by atoms with van der Waals surface area (Å²) in [5.74, 6) is 1.20. The van der Waals surface area contributed by atoms with Crippen molar-refractivity contribution in [2.24, 2.45) is 11.8 Å². The molecule has 0 bridgehead atoms. The topological polar surface area (TPSA) is 90.5 Å². The van der Waals surface area contributed by atoms with Gasteiger partial charge in [-0.15, -0.1) is 22.7 Å². The molecule has 44 heavy (non-hydrogen) atoms. The van der Waals surface area contributed by atoms with Gasteiger partial charge in [-0.05, 0) is 74.6 Å². The molecule has 2 aromatic carbocycles. The molecule has 10 heteroatoms. The molecule has 2 aliphatic rings. The first-order valence-electron chi connectivity index (χ1n) is 16.3. The van der Waals surface area contributed by atoms with Crippen molar-refractivity contribution < 1.29 is 9.59 Å². The van der Waals surface area contributed by atoms with E-state index in [1.807, 2.05) is 21.9 Å². The minimum Gasteiger partial charge on any atom is -0.338 e. The van der Waals surface area contributed by atoms with Gasteiger partial charge in [-0.2, -0.15) is 0 Å². The Bertz CT molecular complexity index is 1340. The molecule has 0 atom stereocenters. The number of piperidine rings is 2. The number of rotatable bonds is 11. The van der Waals surface area contributed by atoms with Crippen LogP contribution in [0.4, 0.5) is 9.59 Å². The molecule has 2 fully saturated rings. The van der Waals surface area contributed by atoms with Crippen LogP contribution in [0.15, 0.2) is 48.5 Å². The van der Waals surface area contributed by atoms with Crippen molar-refractivity contribution in [3.05, 3.63) is 58.5 Å². The molecule has 0 radical (unpaired) electrons. The highest BCUT2D eigenvalue weighted by Crippen LogP contribution is 2.29. The Kier molecular flexibility index (Phi) is 10.6. The van der Waals surface area contributed by atoms with E-state index in [1.165, 1.54) is 19.4 Å². The third-order valence-corrected chi connectivity index (χ3v) is 11.2. The number of nitrogens with one attached hydrogen (secondary N) is 2. The molecule has 6 rings (SSSR count). The fraction of sp³-hybridized carbons (Fsp3) is 0.529. The molecule has 8 nitrogen and oxygen atoms in total. The number of unbranched alkanes of at least 4 members (excludes halogenated alkanes) is 3. The second kappa shape index (κ2) is 15.2. The molecule has 234 valence electrons. The SMILES string of the molecule is O=C(NCCCCCCNC(=O)N1CCC(Cc2nc3ccccc3s2)CC1)N1CCC(Cc2nc3ccccc3s2)CC1. The highest BCUT2D eigenvalue weighted by atomic mass is 32.1. The van der Waals surface area contributed by atoms with Gasteiger partial charge in [-0.25, -0.2) is 19.6 Å². The van der Waals surface area contributed by atoms with Gasteiger partial charge < -0.3 is 20.4 Å². The largest absolute Gasteiger partial charge is 0.338 e. The van der Waals surface area contributed by atoms with Gasteiger partial charge >= 0.3 is 12.1 Å². The van der Waals surface area contributed by atoms with Crippen LogP contribution in [-0.2, 0) is 12.8 Å². The molecule has 4 aromatic rings. The summed E-state index contributed by atoms with van der Waals surface area (Å²) in [7, 11) is 0. The Balaban J connectivity index is 0.773. The number of carbonyl (C=O) groups is 2. The van der Waals surface area contributed by atoms with Crippen molar-refractivity contribution in [2.45, 2.75) is 64.2 Å². The zero-order chi connectivity index (χ0) is 30.1. The van der Waals surface area contributed by atoms with Crippen LogP contribution in [0.25, 0.3) is 20.4 Å². The second-order valence-electron chi connectivity index (χ2n) is 12.3. The van der Waals surface area contributed by atoms with Gasteiger partial charge in [0.15, 0.2) is 0 Å². The van der Waals surface area contributed by atoms with Crippen molar-refractivity contribution in [1.29, 1.82) is 0 Å². The standard InChI is InChI=1S/C34H44N6O2S2/c41-33(39-19-13-25(14-20-39)23-31-37-27-9-3-5-11-29(27)43-31)35-17-7-1-2-8-18-36-34(42)40-21-15-26(16-22-40)24-32-38-28-10-4-6-12-30(28)44-32/h3-6,9-12,25-26H,1-2,7-8,13-24H2,(H,35,41)(H,36,42). The van der Waals surface area contributed by atoms with E-state index < -0.39 is 0 Å². The molecule has 0 unspecified atom stereocenters. The molecule has 2 saturated heterocycles. The average Bonchev–Trinajstić information content (AvgIpc) is 3.65. The number of amides is 4. The highest BCUT2D eigenvalue weighted by Gasteiger charge is 2.25. The quantitative estimate of drug-likeness (QED) is 0.173. The fourth-order valence-corrected chi connectivity index (χ4v) is 8.57. The molecule has 2 N–H and O–H groups in total. The maximum atomic E-state index is 12.6. The number of likely N-dealkylation sites (tertiary alicyclic amines) is 2. The number of hydrogen-bond donors (Lipinski definition) is 2. The number of carbonyl (C=O) groups excluding carboxylic acids is 2. The number of aromatic nitrogens is 2. The minimum atomic E-state index is 0.0690. The predicted octanol–water partition coefficient (Wildman–Crippen LogP) is 7.09. The van der Waals surface area contributed by atoms with Crippen LogP contribution in [0.1, 0.15) is 61.4 Å². The smallest absolute Gasteiger partial charge is 0.317 e. The van der Waals surface area contributed by atoms with E-state index >= 15 is 0 Å². The first-order valence-corrected chi connectivity index (χ1v) is 18.0. The lowest BCUT2D eigenvalue weighted by molar-refractivity contribution is 0.169. The maximum Gasteiger partial charge on any atom is 0.317 e. The zero-order valence-electron chi connectivity index (χ0n) is 25.5. The second-order valence-corrected chi connectivity index (χ2v) is 14.5. The minimum absolute atomic E-state index is 0.0690. The van der Waals surface area contributed by atoms with E-state index in [1.54, 1.807) is 22.7 Å². The number of benzene rings is 2. The molecule has 0 saturated carbocycles. The molecule has 0 aliphatic carbocycles. The molecular weight excluding hydrogens is 589 g/mol. The Labute approximate surface area is 268 Å². The number of nitrogens with zero attached hydrogens (tertiary/aromatic N) is 4. The third-order valence-electron chi connectivity index (χ3n) is 9.06. The lowest BCUT2D eigenvalue weighted by atomic mass is 9.94. The number of urea groups is 2. The summed E-state index contributed by atoms with van der Waals surface area (Å²) in [6.45, 7) is 4.71. The summed E-state index contributed by atoms with van der Waals surface area (Å²) < 4.78 is 2.51. The van der Waals surface area contributed by atoms with E-state index in [4.69, 9.17) is 9.97 Å². The Morgan fingerprint density at radius 1 is 0.636 bits per heavy atom. The van der Waals surface area contributed by atoms with Gasteiger partial charge in [0.2, 0.25) is 0 Å². The molecule has 2 aliphatic heterocycles. The van der Waals surface area contributed by atoms with Crippen LogP contribution >= 0.6 is 22.7 Å². The van der Waals surface area contributed by atoms with Gasteiger partial charge in [0.05, 0.1) is 30.4 Å². The lowest BCUT2D eigenvalue weighted by Crippen LogP contribution is -2.45. The first kappa shape index (κ1) is 30.8. The van der Waals surface area contributed by atoms with Crippen molar-refractivity contribution in [2.75, 3.05) is 39.3 Å². The van der Waals surface area contributed by atoms with Crippen LogP contribution in [0.5, 0.6) is 0 Å². The number of thiazole rings is 2. The first-order chi connectivity index (χ1) is 21.6. The van der Waals surface area contributed by atoms with Crippen molar-refractivity contribution >= 4 is 55.2 Å². The summed E-state index contributed by atoms with van der Waals surface area (Å²) in [5, 5.41) is 8.65. The number of hydrogen-bond acceptors (Lipinski definition) is 6. The van der Waals surface area contributed by atoms with Crippen LogP contribution < -0.4 is 10.6 Å². The fourth-order valence-electron chi connectivity index (χ4n) is 6.41. The third kappa shape index (κ3) is 8.27. The molecule has 4 amide bonds. The number of para-hydroxylation sites is 2. The van der Waals surface area contributed by atoms with Crippen LogP contribution in [0, 0.1) is 11.8 Å². The van der Waals surface area contributed by atoms with E-state index in [0.717, 1.165) is 101 Å². The van der Waals surface area contributed by atoms with Crippen molar-refractivity contribution in [1.82, 2.24) is 30.4 Å². The van der Waals surface area contributed by atoms with E-state index in [9.17, 15) is 9.59 Å². The van der Waals surface area contributed by atoms with E-state index in [0.29, 0.717) is 24.9 Å². The Hall–Kier alpha value is -3.24. The van der Waals surface area contributed by atoms with Crippen LogP contribution in [0.2, 0.25) is 0 Å². The highest BCUT2D eigenvalue weighted by molar-refractivity contribution is 7.18. The van der Waals surface area contributed by atoms with Gasteiger partial charge in [-0.3, -0.25) is 0 Å². The summed E-state index contributed by atoms with van der Waals surface area (Å²) >= 11 is 3.60. The summed E-state index contributed by atoms with van der Waals surface area (Å²) in [4.78, 5) is 38.8. The molecular formula is C34H44N6O2S2. The summed E-state index contributed by atoms with van der Waals surface area (Å²) in [5.41, 5.74) is 2.19. The monoisotopic (exact) mass is 632 g/mol. The van der Waals surface area contributed by atoms with E-state index in [2.05, 4.69) is 47.0 Å². The normalized spacial score (nSPS) is 16.5. The zero-order valence-corrected chi connectivity index (χ0v) is 27.1. The summed E-state index contributed by atoms with van der Waals surface area (Å²) in [6, 6.07) is 16.8. The van der Waals surface area contributed by atoms with E-state index in [-0.39, 0.29) is 12.1 Å².